The number of hydrogen-bond acceptors (Lipinski definition) is 3. The lowest BCUT2D eigenvalue weighted by Crippen LogP contribution is -2.50. The molecule has 2 rings (SSSR count). The molecule has 2 atom stereocenters. The minimum Gasteiger partial charge on any atom is -0.496 e. The zero-order valence-corrected chi connectivity index (χ0v) is 12.9. The third-order valence-corrected chi connectivity index (χ3v) is 4.33. The summed E-state index contributed by atoms with van der Waals surface area (Å²) < 4.78 is 19.2. The molecule has 0 bridgehead atoms. The second kappa shape index (κ2) is 6.89. The molecule has 0 radical (unpaired) electrons. The van der Waals surface area contributed by atoms with Crippen LogP contribution < -0.4 is 10.1 Å². The molecule has 0 aromatic heterocycles. The van der Waals surface area contributed by atoms with Gasteiger partial charge < -0.3 is 15.0 Å². The fraction of sp³-hybridized carbons (Fsp3) is 0.562. The second-order valence-corrected chi connectivity index (χ2v) is 5.42. The summed E-state index contributed by atoms with van der Waals surface area (Å²) in [6, 6.07) is 4.88. The number of nitrogens with zero attached hydrogens (tertiary/aromatic N) is 1. The molecular weight excluding hydrogens is 271 g/mol. The largest absolute Gasteiger partial charge is 0.496 e. The molecule has 0 spiro atoms. The molecule has 21 heavy (non-hydrogen) atoms. The average molecular weight is 294 g/mol. The van der Waals surface area contributed by atoms with Crippen molar-refractivity contribution in [3.8, 4) is 5.75 Å². The standard InChI is InChI=1S/C16H23FN2O2/c1-4-11-10-19(9-8-13(11)18-2)16(20)15-12(17)6-5-7-14(15)21-3/h5-7,11,13,18H,4,8-10H2,1-3H3. The first kappa shape index (κ1) is 15.8. The highest BCUT2D eigenvalue weighted by Crippen LogP contribution is 2.26. The SMILES string of the molecule is CCC1CN(C(=O)c2c(F)cccc2OC)CCC1NC. The van der Waals surface area contributed by atoms with Gasteiger partial charge in [0, 0.05) is 19.1 Å². The van der Waals surface area contributed by atoms with E-state index in [2.05, 4.69) is 12.2 Å². The van der Waals surface area contributed by atoms with Crippen LogP contribution in [0.4, 0.5) is 4.39 Å². The van der Waals surface area contributed by atoms with E-state index in [-0.39, 0.29) is 11.5 Å². The minimum atomic E-state index is -0.525. The Kier molecular flexibility index (Phi) is 5.17. The predicted molar refractivity (Wildman–Crippen MR) is 80.1 cm³/mol. The Balaban J connectivity index is 2.21. The van der Waals surface area contributed by atoms with Crippen LogP contribution in [0.15, 0.2) is 18.2 Å². The molecule has 4 nitrogen and oxygen atoms in total. The number of carbonyl (C=O) groups is 1. The Morgan fingerprint density at radius 1 is 1.52 bits per heavy atom. The van der Waals surface area contributed by atoms with Crippen LogP contribution in [-0.2, 0) is 0 Å². The Bertz CT molecular complexity index is 507. The van der Waals surface area contributed by atoms with Gasteiger partial charge in [-0.25, -0.2) is 4.39 Å². The molecule has 2 unspecified atom stereocenters. The van der Waals surface area contributed by atoms with Crippen molar-refractivity contribution in [3.05, 3.63) is 29.6 Å². The Morgan fingerprint density at radius 3 is 2.90 bits per heavy atom. The summed E-state index contributed by atoms with van der Waals surface area (Å²) in [6.07, 6.45) is 1.88. The van der Waals surface area contributed by atoms with Gasteiger partial charge in [-0.3, -0.25) is 4.79 Å². The van der Waals surface area contributed by atoms with Crippen molar-refractivity contribution in [1.82, 2.24) is 10.2 Å². The molecule has 1 aliphatic rings. The van der Waals surface area contributed by atoms with Crippen molar-refractivity contribution in [2.24, 2.45) is 5.92 Å². The van der Waals surface area contributed by atoms with E-state index < -0.39 is 5.82 Å². The number of hydrogen-bond donors (Lipinski definition) is 1. The average Bonchev–Trinajstić information content (AvgIpc) is 2.53. The summed E-state index contributed by atoms with van der Waals surface area (Å²) in [6.45, 7) is 3.41. The van der Waals surface area contributed by atoms with Crippen molar-refractivity contribution in [1.29, 1.82) is 0 Å². The number of likely N-dealkylation sites (tertiary alicyclic amines) is 1. The Labute approximate surface area is 125 Å². The van der Waals surface area contributed by atoms with Crippen molar-refractivity contribution < 1.29 is 13.9 Å². The number of benzene rings is 1. The highest BCUT2D eigenvalue weighted by Gasteiger charge is 2.32. The molecule has 1 aromatic rings. The van der Waals surface area contributed by atoms with Crippen LogP contribution in [0.25, 0.3) is 0 Å². The van der Waals surface area contributed by atoms with Crippen LogP contribution in [0.5, 0.6) is 5.75 Å². The molecule has 1 aromatic carbocycles. The van der Waals surface area contributed by atoms with Gasteiger partial charge in [0.15, 0.2) is 0 Å². The zero-order valence-electron chi connectivity index (χ0n) is 12.9. The topological polar surface area (TPSA) is 41.6 Å². The maximum Gasteiger partial charge on any atom is 0.260 e. The molecule has 1 saturated heterocycles. The number of carbonyl (C=O) groups excluding carboxylic acids is 1. The molecule has 1 N–H and O–H groups in total. The Morgan fingerprint density at radius 2 is 2.29 bits per heavy atom. The first-order chi connectivity index (χ1) is 10.1. The third kappa shape index (κ3) is 3.18. The summed E-state index contributed by atoms with van der Waals surface area (Å²) in [7, 11) is 3.40. The van der Waals surface area contributed by atoms with E-state index in [9.17, 15) is 9.18 Å². The highest BCUT2D eigenvalue weighted by atomic mass is 19.1. The van der Waals surface area contributed by atoms with E-state index in [0.29, 0.717) is 30.8 Å². The molecule has 5 heteroatoms. The summed E-state index contributed by atoms with van der Waals surface area (Å²) in [4.78, 5) is 14.4. The predicted octanol–water partition coefficient (Wildman–Crippen LogP) is 2.29. The van der Waals surface area contributed by atoms with E-state index in [1.807, 2.05) is 7.05 Å². The zero-order chi connectivity index (χ0) is 15.4. The van der Waals surface area contributed by atoms with Crippen LogP contribution in [0, 0.1) is 11.7 Å². The number of amides is 1. The summed E-state index contributed by atoms with van der Waals surface area (Å²) in [5.41, 5.74) is 0.0396. The lowest BCUT2D eigenvalue weighted by molar-refractivity contribution is 0.0623. The van der Waals surface area contributed by atoms with Gasteiger partial charge in [-0.05, 0) is 31.5 Å². The first-order valence-electron chi connectivity index (χ1n) is 7.41. The van der Waals surface area contributed by atoms with Gasteiger partial charge in [0.2, 0.25) is 0 Å². The van der Waals surface area contributed by atoms with Gasteiger partial charge in [-0.2, -0.15) is 0 Å². The van der Waals surface area contributed by atoms with Crippen LogP contribution in [-0.4, -0.2) is 44.1 Å². The van der Waals surface area contributed by atoms with Crippen LogP contribution in [0.2, 0.25) is 0 Å². The highest BCUT2D eigenvalue weighted by molar-refractivity contribution is 5.97. The fourth-order valence-electron chi connectivity index (χ4n) is 3.05. The number of nitrogens with one attached hydrogen (secondary N) is 1. The normalized spacial score (nSPS) is 22.2. The van der Waals surface area contributed by atoms with Gasteiger partial charge in [0.1, 0.15) is 17.1 Å². The number of methoxy groups -OCH3 is 1. The number of piperidine rings is 1. The van der Waals surface area contributed by atoms with Gasteiger partial charge in [-0.1, -0.05) is 19.4 Å². The number of ether oxygens (including phenoxy) is 1. The summed E-state index contributed by atoms with van der Waals surface area (Å²) in [5.74, 6) is -0.115. The van der Waals surface area contributed by atoms with E-state index in [4.69, 9.17) is 4.74 Å². The van der Waals surface area contributed by atoms with Crippen molar-refractivity contribution in [2.75, 3.05) is 27.2 Å². The molecule has 0 aliphatic carbocycles. The molecule has 1 fully saturated rings. The van der Waals surface area contributed by atoms with E-state index in [0.717, 1.165) is 12.8 Å². The van der Waals surface area contributed by atoms with Gasteiger partial charge in [0.25, 0.3) is 5.91 Å². The maximum absolute atomic E-state index is 14.0. The first-order valence-corrected chi connectivity index (χ1v) is 7.41. The molecule has 1 aliphatic heterocycles. The van der Waals surface area contributed by atoms with E-state index in [1.54, 1.807) is 17.0 Å². The van der Waals surface area contributed by atoms with Gasteiger partial charge in [0.05, 0.1) is 7.11 Å². The van der Waals surface area contributed by atoms with E-state index >= 15 is 0 Å². The molecule has 1 amide bonds. The molecular formula is C16H23FN2O2. The number of halogens is 1. The minimum absolute atomic E-state index is 0.0396. The van der Waals surface area contributed by atoms with Gasteiger partial charge >= 0.3 is 0 Å². The van der Waals surface area contributed by atoms with Crippen LogP contribution >= 0.6 is 0 Å². The molecule has 116 valence electrons. The van der Waals surface area contributed by atoms with Gasteiger partial charge in [-0.15, -0.1) is 0 Å². The summed E-state index contributed by atoms with van der Waals surface area (Å²) in [5, 5.41) is 3.30. The monoisotopic (exact) mass is 294 g/mol. The Hall–Kier alpha value is -1.62. The second-order valence-electron chi connectivity index (χ2n) is 5.42. The number of rotatable bonds is 4. The van der Waals surface area contributed by atoms with Crippen molar-refractivity contribution in [2.45, 2.75) is 25.8 Å². The molecule has 1 heterocycles. The quantitative estimate of drug-likeness (QED) is 0.926. The lowest BCUT2D eigenvalue weighted by Gasteiger charge is -2.38. The summed E-state index contributed by atoms with van der Waals surface area (Å²) >= 11 is 0. The lowest BCUT2D eigenvalue weighted by atomic mass is 9.89. The van der Waals surface area contributed by atoms with E-state index in [1.165, 1.54) is 13.2 Å². The van der Waals surface area contributed by atoms with Crippen LogP contribution in [0.3, 0.4) is 0 Å². The third-order valence-electron chi connectivity index (χ3n) is 4.33. The van der Waals surface area contributed by atoms with Crippen molar-refractivity contribution >= 4 is 5.91 Å². The fourth-order valence-corrected chi connectivity index (χ4v) is 3.05. The smallest absolute Gasteiger partial charge is 0.260 e. The van der Waals surface area contributed by atoms with Crippen molar-refractivity contribution in [3.63, 3.8) is 0 Å². The maximum atomic E-state index is 14.0. The van der Waals surface area contributed by atoms with Crippen LogP contribution in [0.1, 0.15) is 30.1 Å². The molecule has 0 saturated carbocycles.